The van der Waals surface area contributed by atoms with Crippen LogP contribution in [-0.4, -0.2) is 22.4 Å². The Morgan fingerprint density at radius 2 is 1.86 bits per heavy atom. The van der Waals surface area contributed by atoms with Gasteiger partial charge in [-0.05, 0) is 31.2 Å². The lowest BCUT2D eigenvalue weighted by atomic mass is 9.98. The van der Waals surface area contributed by atoms with Gasteiger partial charge in [-0.3, -0.25) is 9.79 Å². The van der Waals surface area contributed by atoms with Gasteiger partial charge in [0.05, 0.1) is 34.1 Å². The lowest BCUT2D eigenvalue weighted by molar-refractivity contribution is 0.383. The Bertz CT molecular complexity index is 1240. The molecule has 0 bridgehead atoms. The van der Waals surface area contributed by atoms with Gasteiger partial charge in [0.15, 0.2) is 11.6 Å². The van der Waals surface area contributed by atoms with Crippen LogP contribution in [0.4, 0.5) is 8.78 Å². The van der Waals surface area contributed by atoms with Crippen molar-refractivity contribution in [3.63, 3.8) is 0 Å². The number of fused-ring (bicyclic) bond motifs is 3. The molecule has 1 aliphatic rings. The highest BCUT2D eigenvalue weighted by molar-refractivity contribution is 6.45. The number of aromatic nitrogens is 2. The Kier molecular flexibility index (Phi) is 4.88. The van der Waals surface area contributed by atoms with E-state index in [1.165, 1.54) is 25.4 Å². The molecule has 5 nitrogen and oxygen atoms in total. The molecule has 0 N–H and O–H groups in total. The molecule has 9 heteroatoms. The van der Waals surface area contributed by atoms with Crippen LogP contribution in [0, 0.1) is 11.6 Å². The first-order valence-electron chi connectivity index (χ1n) is 8.52. The number of benzene rings is 2. The lowest BCUT2D eigenvalue weighted by Crippen LogP contribution is -2.16. The summed E-state index contributed by atoms with van der Waals surface area (Å²) < 4.78 is 36.5. The van der Waals surface area contributed by atoms with E-state index in [1.807, 2.05) is 0 Å². The standard InChI is InChI=1S/C20H13Cl2F2N3O2/c1-9-20-26-14(28)7-8-27(20)12-5-3-10(21)17(22)16(12)19(25-9)15-11(23)4-6-13(29-2)18(15)24/h3-9H,1-2H3. The van der Waals surface area contributed by atoms with Crippen LogP contribution >= 0.6 is 23.2 Å². The molecule has 2 heterocycles. The molecule has 0 fully saturated rings. The summed E-state index contributed by atoms with van der Waals surface area (Å²) in [6.07, 6.45) is 1.51. The molecule has 1 aliphatic heterocycles. The highest BCUT2D eigenvalue weighted by Gasteiger charge is 2.30. The van der Waals surface area contributed by atoms with Crippen molar-refractivity contribution >= 4 is 28.9 Å². The van der Waals surface area contributed by atoms with Gasteiger partial charge in [0, 0.05) is 17.8 Å². The van der Waals surface area contributed by atoms with Crippen LogP contribution in [0.1, 0.15) is 29.9 Å². The average molecular weight is 436 g/mol. The second-order valence-corrected chi connectivity index (χ2v) is 7.13. The summed E-state index contributed by atoms with van der Waals surface area (Å²) in [5, 5.41) is 0.259. The van der Waals surface area contributed by atoms with Crippen LogP contribution in [0.25, 0.3) is 5.69 Å². The van der Waals surface area contributed by atoms with Gasteiger partial charge in [0.25, 0.3) is 5.56 Å². The lowest BCUT2D eigenvalue weighted by Gasteiger charge is -2.17. The topological polar surface area (TPSA) is 56.5 Å². The molecule has 0 spiro atoms. The second kappa shape index (κ2) is 7.24. The number of halogens is 4. The summed E-state index contributed by atoms with van der Waals surface area (Å²) in [4.78, 5) is 20.3. The van der Waals surface area contributed by atoms with E-state index in [0.717, 1.165) is 6.07 Å². The van der Waals surface area contributed by atoms with Gasteiger partial charge in [0.2, 0.25) is 0 Å². The van der Waals surface area contributed by atoms with E-state index >= 15 is 4.39 Å². The number of nitrogens with zero attached hydrogens (tertiary/aromatic N) is 3. The number of aliphatic imine (C=N–C) groups is 1. The van der Waals surface area contributed by atoms with Crippen LogP contribution in [0.3, 0.4) is 0 Å². The van der Waals surface area contributed by atoms with E-state index in [1.54, 1.807) is 23.6 Å². The summed E-state index contributed by atoms with van der Waals surface area (Å²) in [7, 11) is 1.28. The quantitative estimate of drug-likeness (QED) is 0.584. The maximum Gasteiger partial charge on any atom is 0.272 e. The number of rotatable bonds is 2. The van der Waals surface area contributed by atoms with Crippen molar-refractivity contribution in [3.8, 4) is 11.4 Å². The molecule has 0 amide bonds. The van der Waals surface area contributed by atoms with Crippen LogP contribution < -0.4 is 10.3 Å². The molecule has 2 aromatic carbocycles. The third-order valence-electron chi connectivity index (χ3n) is 4.62. The molecule has 1 atom stereocenters. The SMILES string of the molecule is COc1ccc(F)c(C2=NC(C)c3nc(=O)ccn3-c3ccc(Cl)c(Cl)c32)c1F. The Morgan fingerprint density at radius 1 is 1.10 bits per heavy atom. The van der Waals surface area contributed by atoms with Crippen molar-refractivity contribution in [2.75, 3.05) is 7.11 Å². The summed E-state index contributed by atoms with van der Waals surface area (Å²) in [6.45, 7) is 1.66. The van der Waals surface area contributed by atoms with E-state index in [-0.39, 0.29) is 27.1 Å². The summed E-state index contributed by atoms with van der Waals surface area (Å²) in [5.74, 6) is -1.61. The highest BCUT2D eigenvalue weighted by atomic mass is 35.5. The number of methoxy groups -OCH3 is 1. The summed E-state index contributed by atoms with van der Waals surface area (Å²) in [6, 6.07) is 6.02. The fourth-order valence-electron chi connectivity index (χ4n) is 3.30. The minimum atomic E-state index is -0.922. The maximum atomic E-state index is 15.1. The van der Waals surface area contributed by atoms with Crippen LogP contribution in [-0.2, 0) is 0 Å². The number of ether oxygens (including phenoxy) is 1. The predicted octanol–water partition coefficient (Wildman–Crippen LogP) is 4.74. The van der Waals surface area contributed by atoms with Gasteiger partial charge in [-0.25, -0.2) is 8.78 Å². The largest absolute Gasteiger partial charge is 0.494 e. The van der Waals surface area contributed by atoms with E-state index in [4.69, 9.17) is 27.9 Å². The average Bonchev–Trinajstić information content (AvgIpc) is 2.80. The second-order valence-electron chi connectivity index (χ2n) is 6.34. The van der Waals surface area contributed by atoms with E-state index in [0.29, 0.717) is 11.5 Å². The Hall–Kier alpha value is -2.77. The molecule has 0 aliphatic carbocycles. The molecule has 1 aromatic heterocycles. The van der Waals surface area contributed by atoms with Gasteiger partial charge in [0.1, 0.15) is 17.7 Å². The first-order valence-corrected chi connectivity index (χ1v) is 9.27. The smallest absolute Gasteiger partial charge is 0.272 e. The molecule has 29 heavy (non-hydrogen) atoms. The first-order chi connectivity index (χ1) is 13.8. The zero-order chi connectivity index (χ0) is 20.9. The van der Waals surface area contributed by atoms with Crippen LogP contribution in [0.15, 0.2) is 46.3 Å². The van der Waals surface area contributed by atoms with Crippen molar-refractivity contribution < 1.29 is 13.5 Å². The summed E-state index contributed by atoms with van der Waals surface area (Å²) in [5.41, 5.74) is -0.251. The monoisotopic (exact) mass is 435 g/mol. The Labute approximate surface area is 174 Å². The predicted molar refractivity (Wildman–Crippen MR) is 107 cm³/mol. The van der Waals surface area contributed by atoms with E-state index in [9.17, 15) is 9.18 Å². The fraction of sp³-hybridized carbons (Fsp3) is 0.150. The normalized spacial score (nSPS) is 15.2. The zero-order valence-corrected chi connectivity index (χ0v) is 16.7. The molecular formula is C20H13Cl2F2N3O2. The molecule has 148 valence electrons. The third-order valence-corrected chi connectivity index (χ3v) is 5.42. The molecular weight excluding hydrogens is 423 g/mol. The van der Waals surface area contributed by atoms with Gasteiger partial charge < -0.3 is 9.30 Å². The molecule has 0 saturated heterocycles. The van der Waals surface area contributed by atoms with Crippen molar-refractivity contribution in [2.24, 2.45) is 4.99 Å². The van der Waals surface area contributed by atoms with Crippen molar-refractivity contribution in [3.05, 3.63) is 85.5 Å². The number of hydrogen-bond donors (Lipinski definition) is 0. The number of hydrogen-bond acceptors (Lipinski definition) is 4. The minimum absolute atomic E-state index is 0.0492. The molecule has 0 saturated carbocycles. The van der Waals surface area contributed by atoms with Crippen molar-refractivity contribution in [2.45, 2.75) is 13.0 Å². The third kappa shape index (κ3) is 3.10. The molecule has 1 unspecified atom stereocenters. The fourth-order valence-corrected chi connectivity index (χ4v) is 3.70. The minimum Gasteiger partial charge on any atom is -0.494 e. The highest BCUT2D eigenvalue weighted by Crippen LogP contribution is 2.38. The maximum absolute atomic E-state index is 15.1. The van der Waals surface area contributed by atoms with E-state index in [2.05, 4.69) is 9.98 Å². The molecule has 0 radical (unpaired) electrons. The first kappa shape index (κ1) is 19.5. The van der Waals surface area contributed by atoms with Gasteiger partial charge in [-0.15, -0.1) is 0 Å². The summed E-state index contributed by atoms with van der Waals surface area (Å²) >= 11 is 12.7. The molecule has 4 rings (SSSR count). The zero-order valence-electron chi connectivity index (χ0n) is 15.2. The van der Waals surface area contributed by atoms with Gasteiger partial charge in [-0.2, -0.15) is 4.98 Å². The van der Waals surface area contributed by atoms with Crippen molar-refractivity contribution in [1.82, 2.24) is 9.55 Å². The Balaban J connectivity index is 2.15. The van der Waals surface area contributed by atoms with Crippen LogP contribution in [0.5, 0.6) is 5.75 Å². The van der Waals surface area contributed by atoms with Crippen LogP contribution in [0.2, 0.25) is 10.0 Å². The molecule has 3 aromatic rings. The van der Waals surface area contributed by atoms with Gasteiger partial charge >= 0.3 is 0 Å². The van der Waals surface area contributed by atoms with Crippen molar-refractivity contribution in [1.29, 1.82) is 0 Å². The van der Waals surface area contributed by atoms with Gasteiger partial charge in [-0.1, -0.05) is 23.2 Å². The Morgan fingerprint density at radius 3 is 2.59 bits per heavy atom. The van der Waals surface area contributed by atoms with E-state index < -0.39 is 28.8 Å².